The summed E-state index contributed by atoms with van der Waals surface area (Å²) < 4.78 is 6.67. The number of rotatable bonds is 4. The number of carbonyl (C=O) groups is 1. The molecule has 128 valence electrons. The Morgan fingerprint density at radius 3 is 2.56 bits per heavy atom. The standard InChI is InChI=1S/C18H17ClN4O2/c1-11-4-9-15(19)16(10-11)23-12(2)17(21-22-23)18(24)20-13-5-7-14(25-3)8-6-13/h4-10H,1-3H3,(H,20,24). The number of aryl methyl sites for hydroxylation is 1. The van der Waals surface area contributed by atoms with Gasteiger partial charge in [0.25, 0.3) is 5.91 Å². The van der Waals surface area contributed by atoms with Gasteiger partial charge in [-0.05, 0) is 55.8 Å². The summed E-state index contributed by atoms with van der Waals surface area (Å²) in [5.74, 6) is 0.381. The van der Waals surface area contributed by atoms with E-state index in [1.807, 2.05) is 19.1 Å². The molecule has 0 saturated carbocycles. The minimum absolute atomic E-state index is 0.244. The molecule has 1 N–H and O–H groups in total. The van der Waals surface area contributed by atoms with Crippen LogP contribution in [0.4, 0.5) is 5.69 Å². The number of benzene rings is 2. The highest BCUT2D eigenvalue weighted by Gasteiger charge is 2.18. The molecule has 0 aliphatic heterocycles. The van der Waals surface area contributed by atoms with Gasteiger partial charge >= 0.3 is 0 Å². The van der Waals surface area contributed by atoms with E-state index in [9.17, 15) is 4.79 Å². The van der Waals surface area contributed by atoms with Gasteiger partial charge in [-0.3, -0.25) is 4.79 Å². The maximum Gasteiger partial charge on any atom is 0.278 e. The van der Waals surface area contributed by atoms with Gasteiger partial charge in [0.1, 0.15) is 5.75 Å². The van der Waals surface area contributed by atoms with E-state index in [4.69, 9.17) is 16.3 Å². The summed E-state index contributed by atoms with van der Waals surface area (Å²) in [5, 5.41) is 11.4. The zero-order valence-corrected chi connectivity index (χ0v) is 14.8. The van der Waals surface area contributed by atoms with Crippen molar-refractivity contribution in [2.75, 3.05) is 12.4 Å². The van der Waals surface area contributed by atoms with Gasteiger partial charge in [-0.1, -0.05) is 22.9 Å². The van der Waals surface area contributed by atoms with Crippen molar-refractivity contribution in [3.8, 4) is 11.4 Å². The number of nitrogens with one attached hydrogen (secondary N) is 1. The molecule has 1 heterocycles. The van der Waals surface area contributed by atoms with Crippen LogP contribution in [0.25, 0.3) is 5.69 Å². The van der Waals surface area contributed by atoms with Gasteiger partial charge in [0.2, 0.25) is 0 Å². The largest absolute Gasteiger partial charge is 0.497 e. The van der Waals surface area contributed by atoms with Gasteiger partial charge in [-0.15, -0.1) is 5.10 Å². The number of amides is 1. The summed E-state index contributed by atoms with van der Waals surface area (Å²) in [6.45, 7) is 3.74. The third kappa shape index (κ3) is 3.49. The number of nitrogens with zero attached hydrogens (tertiary/aromatic N) is 3. The molecule has 0 aliphatic rings. The van der Waals surface area contributed by atoms with Crippen molar-refractivity contribution in [3.63, 3.8) is 0 Å². The van der Waals surface area contributed by atoms with Crippen molar-refractivity contribution in [2.24, 2.45) is 0 Å². The molecule has 0 radical (unpaired) electrons. The molecule has 25 heavy (non-hydrogen) atoms. The first-order valence-corrected chi connectivity index (χ1v) is 8.01. The zero-order valence-electron chi connectivity index (χ0n) is 14.1. The number of halogens is 1. The Hall–Kier alpha value is -2.86. The lowest BCUT2D eigenvalue weighted by atomic mass is 10.2. The molecule has 7 heteroatoms. The lowest BCUT2D eigenvalue weighted by molar-refractivity contribution is 0.102. The Morgan fingerprint density at radius 1 is 1.16 bits per heavy atom. The average Bonchev–Trinajstić information content (AvgIpc) is 2.99. The molecular formula is C18H17ClN4O2. The normalized spacial score (nSPS) is 10.6. The maximum absolute atomic E-state index is 12.5. The Bertz CT molecular complexity index is 919. The van der Waals surface area contributed by atoms with Gasteiger partial charge in [-0.2, -0.15) is 0 Å². The topological polar surface area (TPSA) is 69.0 Å². The smallest absolute Gasteiger partial charge is 0.278 e. The van der Waals surface area contributed by atoms with E-state index in [2.05, 4.69) is 15.6 Å². The van der Waals surface area contributed by atoms with Crippen molar-refractivity contribution < 1.29 is 9.53 Å². The number of anilines is 1. The molecule has 1 amide bonds. The summed E-state index contributed by atoms with van der Waals surface area (Å²) in [5.41, 5.74) is 3.23. The van der Waals surface area contributed by atoms with Crippen LogP contribution in [0.1, 0.15) is 21.7 Å². The van der Waals surface area contributed by atoms with Crippen LogP contribution in [0.5, 0.6) is 5.75 Å². The summed E-state index contributed by atoms with van der Waals surface area (Å²) in [6, 6.07) is 12.7. The quantitative estimate of drug-likeness (QED) is 0.772. The molecule has 0 atom stereocenters. The minimum Gasteiger partial charge on any atom is -0.497 e. The van der Waals surface area contributed by atoms with E-state index in [-0.39, 0.29) is 11.6 Å². The van der Waals surface area contributed by atoms with Crippen molar-refractivity contribution in [2.45, 2.75) is 13.8 Å². The third-order valence-corrected chi connectivity index (χ3v) is 4.11. The molecular weight excluding hydrogens is 340 g/mol. The van der Waals surface area contributed by atoms with Gasteiger partial charge in [0, 0.05) is 5.69 Å². The lowest BCUT2D eigenvalue weighted by Gasteiger charge is -2.08. The SMILES string of the molecule is COc1ccc(NC(=O)c2nnn(-c3cc(C)ccc3Cl)c2C)cc1. The highest BCUT2D eigenvalue weighted by Crippen LogP contribution is 2.23. The fourth-order valence-electron chi connectivity index (χ4n) is 2.42. The predicted octanol–water partition coefficient (Wildman–Crippen LogP) is 3.80. The van der Waals surface area contributed by atoms with Crippen LogP contribution in [-0.4, -0.2) is 28.0 Å². The van der Waals surface area contributed by atoms with Crippen molar-refractivity contribution >= 4 is 23.2 Å². The molecule has 1 aromatic heterocycles. The molecule has 0 unspecified atom stereocenters. The number of hydrogen-bond donors (Lipinski definition) is 1. The number of aromatic nitrogens is 3. The zero-order chi connectivity index (χ0) is 18.0. The average molecular weight is 357 g/mol. The van der Waals surface area contributed by atoms with E-state index in [0.717, 1.165) is 5.56 Å². The summed E-state index contributed by atoms with van der Waals surface area (Å²) in [4.78, 5) is 12.5. The van der Waals surface area contributed by atoms with Gasteiger partial charge in [0.15, 0.2) is 5.69 Å². The van der Waals surface area contributed by atoms with E-state index in [0.29, 0.717) is 27.8 Å². The van der Waals surface area contributed by atoms with E-state index in [1.165, 1.54) is 0 Å². The lowest BCUT2D eigenvalue weighted by Crippen LogP contribution is -2.14. The Morgan fingerprint density at radius 2 is 1.88 bits per heavy atom. The Labute approximate surface area is 150 Å². The molecule has 3 aromatic rings. The number of carbonyl (C=O) groups excluding carboxylic acids is 1. The maximum atomic E-state index is 12.5. The predicted molar refractivity (Wildman–Crippen MR) is 96.8 cm³/mol. The van der Waals surface area contributed by atoms with Crippen LogP contribution < -0.4 is 10.1 Å². The first-order valence-electron chi connectivity index (χ1n) is 7.64. The van der Waals surface area contributed by atoms with E-state index in [1.54, 1.807) is 49.0 Å². The first kappa shape index (κ1) is 17.0. The fourth-order valence-corrected chi connectivity index (χ4v) is 2.62. The van der Waals surface area contributed by atoms with Crippen LogP contribution >= 0.6 is 11.6 Å². The van der Waals surface area contributed by atoms with Crippen molar-refractivity contribution in [1.82, 2.24) is 15.0 Å². The van der Waals surface area contributed by atoms with Gasteiger partial charge < -0.3 is 10.1 Å². The van der Waals surface area contributed by atoms with Gasteiger partial charge in [0.05, 0.1) is 23.5 Å². The van der Waals surface area contributed by atoms with Crippen LogP contribution in [-0.2, 0) is 0 Å². The third-order valence-electron chi connectivity index (χ3n) is 3.79. The molecule has 6 nitrogen and oxygen atoms in total. The summed E-state index contributed by atoms with van der Waals surface area (Å²) in [6.07, 6.45) is 0. The van der Waals surface area contributed by atoms with Crippen LogP contribution in [0.15, 0.2) is 42.5 Å². The number of hydrogen-bond acceptors (Lipinski definition) is 4. The van der Waals surface area contributed by atoms with E-state index < -0.39 is 0 Å². The molecule has 0 spiro atoms. The molecule has 3 rings (SSSR count). The molecule has 0 saturated heterocycles. The van der Waals surface area contributed by atoms with Crippen LogP contribution in [0, 0.1) is 13.8 Å². The molecule has 0 fully saturated rings. The van der Waals surface area contributed by atoms with Crippen LogP contribution in [0.3, 0.4) is 0 Å². The highest BCUT2D eigenvalue weighted by atomic mass is 35.5. The fraction of sp³-hybridized carbons (Fsp3) is 0.167. The van der Waals surface area contributed by atoms with Crippen LogP contribution in [0.2, 0.25) is 5.02 Å². The second-order valence-corrected chi connectivity index (χ2v) is 5.98. The first-order chi connectivity index (χ1) is 12.0. The summed E-state index contributed by atoms with van der Waals surface area (Å²) >= 11 is 6.25. The monoisotopic (exact) mass is 356 g/mol. The van der Waals surface area contributed by atoms with Crippen molar-refractivity contribution in [3.05, 3.63) is 64.4 Å². The molecule has 2 aromatic carbocycles. The van der Waals surface area contributed by atoms with Gasteiger partial charge in [-0.25, -0.2) is 4.68 Å². The minimum atomic E-state index is -0.335. The summed E-state index contributed by atoms with van der Waals surface area (Å²) in [7, 11) is 1.59. The van der Waals surface area contributed by atoms with Crippen molar-refractivity contribution in [1.29, 1.82) is 0 Å². The number of ether oxygens (including phenoxy) is 1. The molecule has 0 bridgehead atoms. The second-order valence-electron chi connectivity index (χ2n) is 5.57. The Balaban J connectivity index is 1.87. The second kappa shape index (κ2) is 6.94. The number of methoxy groups -OCH3 is 1. The molecule has 0 aliphatic carbocycles. The highest BCUT2D eigenvalue weighted by molar-refractivity contribution is 6.32. The van der Waals surface area contributed by atoms with E-state index >= 15 is 0 Å². The Kier molecular flexibility index (Phi) is 4.72.